The normalized spacial score (nSPS) is 16.1. The maximum atomic E-state index is 13.8. The molecule has 0 N–H and O–H groups in total. The van der Waals surface area contributed by atoms with Gasteiger partial charge in [0.2, 0.25) is 0 Å². The SMILES string of the molecule is CC[C@@H](c1ccc(C(F)(F)F)cc1CN(Cc1cc(C(F)(F)F)cc(C(F)(F)F)c1)c1nnn(C)n1)N1CCOCC1. The molecule has 0 unspecified atom stereocenters. The highest BCUT2D eigenvalue weighted by atomic mass is 19.4. The fourth-order valence-electron chi connectivity index (χ4n) is 4.94. The average molecular weight is 611 g/mol. The summed E-state index contributed by atoms with van der Waals surface area (Å²) < 4.78 is 128. The molecule has 2 aromatic carbocycles. The van der Waals surface area contributed by atoms with Crippen LogP contribution in [0.1, 0.15) is 52.8 Å². The van der Waals surface area contributed by atoms with E-state index in [0.717, 1.165) is 16.9 Å². The zero-order chi connectivity index (χ0) is 30.9. The molecule has 1 aliphatic rings. The van der Waals surface area contributed by atoms with Gasteiger partial charge in [0.1, 0.15) is 0 Å². The van der Waals surface area contributed by atoms with Gasteiger partial charge in [0.05, 0.1) is 37.0 Å². The second kappa shape index (κ2) is 12.1. The van der Waals surface area contributed by atoms with Crippen LogP contribution in [0.15, 0.2) is 36.4 Å². The first-order valence-corrected chi connectivity index (χ1v) is 12.9. The molecule has 7 nitrogen and oxygen atoms in total. The molecule has 1 aliphatic heterocycles. The molecule has 0 amide bonds. The predicted octanol–water partition coefficient (Wildman–Crippen LogP) is 6.26. The largest absolute Gasteiger partial charge is 0.416 e. The minimum atomic E-state index is -5.08. The van der Waals surface area contributed by atoms with E-state index in [9.17, 15) is 39.5 Å². The molecule has 16 heteroatoms. The number of nitrogens with zero attached hydrogens (tertiary/aromatic N) is 6. The average Bonchev–Trinajstić information content (AvgIpc) is 3.34. The lowest BCUT2D eigenvalue weighted by atomic mass is 9.94. The quantitative estimate of drug-likeness (QED) is 0.281. The Morgan fingerprint density at radius 2 is 1.43 bits per heavy atom. The van der Waals surface area contributed by atoms with Crippen molar-refractivity contribution in [1.82, 2.24) is 25.1 Å². The molecule has 0 saturated carbocycles. The van der Waals surface area contributed by atoms with Crippen LogP contribution in [0, 0.1) is 0 Å². The summed E-state index contributed by atoms with van der Waals surface area (Å²) >= 11 is 0. The van der Waals surface area contributed by atoms with E-state index in [1.54, 1.807) is 0 Å². The van der Waals surface area contributed by atoms with Gasteiger partial charge in [0.15, 0.2) is 0 Å². The van der Waals surface area contributed by atoms with Crippen LogP contribution in [0.3, 0.4) is 0 Å². The molecular formula is C26H27F9N6O. The van der Waals surface area contributed by atoms with Crippen LogP contribution in [0.5, 0.6) is 0 Å². The monoisotopic (exact) mass is 610 g/mol. The van der Waals surface area contributed by atoms with Gasteiger partial charge in [-0.2, -0.15) is 44.3 Å². The van der Waals surface area contributed by atoms with Crippen molar-refractivity contribution in [2.24, 2.45) is 7.05 Å². The molecule has 0 spiro atoms. The third-order valence-electron chi connectivity index (χ3n) is 6.87. The van der Waals surface area contributed by atoms with Gasteiger partial charge in [0.25, 0.3) is 5.95 Å². The zero-order valence-electron chi connectivity index (χ0n) is 22.5. The van der Waals surface area contributed by atoms with Gasteiger partial charge < -0.3 is 9.64 Å². The molecule has 0 bridgehead atoms. The Morgan fingerprint density at radius 1 is 0.833 bits per heavy atom. The summed E-state index contributed by atoms with van der Waals surface area (Å²) in [6.07, 6.45) is -14.3. The number of anilines is 1. The summed E-state index contributed by atoms with van der Waals surface area (Å²) in [4.78, 5) is 4.28. The highest BCUT2D eigenvalue weighted by molar-refractivity contribution is 5.42. The van der Waals surface area contributed by atoms with E-state index in [2.05, 4.69) is 20.3 Å². The molecule has 1 atom stereocenters. The van der Waals surface area contributed by atoms with Gasteiger partial charge in [0, 0.05) is 32.2 Å². The van der Waals surface area contributed by atoms with Crippen LogP contribution in [0.2, 0.25) is 0 Å². The number of morpholine rings is 1. The van der Waals surface area contributed by atoms with E-state index in [1.165, 1.54) is 18.0 Å². The summed E-state index contributed by atoms with van der Waals surface area (Å²) in [5.74, 6) is -0.189. The first kappa shape index (κ1) is 31.5. The molecule has 1 aromatic heterocycles. The number of hydrogen-bond donors (Lipinski definition) is 0. The number of alkyl halides is 9. The maximum Gasteiger partial charge on any atom is 0.416 e. The number of aryl methyl sites for hydroxylation is 1. The number of ether oxygens (including phenoxy) is 1. The number of tetrazole rings is 1. The molecule has 3 aromatic rings. The lowest BCUT2D eigenvalue weighted by Crippen LogP contribution is -2.39. The molecule has 1 fully saturated rings. The fraction of sp³-hybridized carbons (Fsp3) is 0.500. The summed E-state index contributed by atoms with van der Waals surface area (Å²) in [6, 6.07) is 4.06. The van der Waals surface area contributed by atoms with Crippen molar-refractivity contribution in [3.05, 3.63) is 69.8 Å². The molecule has 4 rings (SSSR count). The molecule has 0 radical (unpaired) electrons. The highest BCUT2D eigenvalue weighted by Crippen LogP contribution is 2.38. The summed E-state index contributed by atoms with van der Waals surface area (Å²) in [6.45, 7) is 2.84. The summed E-state index contributed by atoms with van der Waals surface area (Å²) in [5, 5.41) is 11.6. The van der Waals surface area contributed by atoms with Crippen molar-refractivity contribution in [3.8, 4) is 0 Å². The number of aromatic nitrogens is 4. The van der Waals surface area contributed by atoms with Gasteiger partial charge in [-0.05, 0) is 58.7 Å². The van der Waals surface area contributed by atoms with Gasteiger partial charge in [-0.25, -0.2) is 0 Å². The van der Waals surface area contributed by atoms with Crippen molar-refractivity contribution in [2.75, 3.05) is 31.2 Å². The second-order valence-electron chi connectivity index (χ2n) is 9.83. The Hall–Kier alpha value is -3.40. The van der Waals surface area contributed by atoms with Gasteiger partial charge in [-0.3, -0.25) is 4.90 Å². The molecular weight excluding hydrogens is 583 g/mol. The van der Waals surface area contributed by atoms with E-state index in [-0.39, 0.29) is 30.2 Å². The molecule has 2 heterocycles. The van der Waals surface area contributed by atoms with E-state index in [0.29, 0.717) is 50.4 Å². The van der Waals surface area contributed by atoms with Gasteiger partial charge in [-0.1, -0.05) is 18.1 Å². The third kappa shape index (κ3) is 7.51. The lowest BCUT2D eigenvalue weighted by molar-refractivity contribution is -0.143. The Bertz CT molecular complexity index is 1330. The van der Waals surface area contributed by atoms with Crippen LogP contribution in [-0.4, -0.2) is 51.4 Å². The van der Waals surface area contributed by atoms with Crippen molar-refractivity contribution in [1.29, 1.82) is 0 Å². The Kier molecular flexibility index (Phi) is 9.06. The number of hydrogen-bond acceptors (Lipinski definition) is 6. The van der Waals surface area contributed by atoms with Gasteiger partial charge >= 0.3 is 18.5 Å². The van der Waals surface area contributed by atoms with Crippen molar-refractivity contribution < 1.29 is 44.3 Å². The maximum absolute atomic E-state index is 13.8. The summed E-state index contributed by atoms with van der Waals surface area (Å²) in [5.41, 5.74) is -3.68. The van der Waals surface area contributed by atoms with E-state index >= 15 is 0 Å². The topological polar surface area (TPSA) is 59.3 Å². The summed E-state index contributed by atoms with van der Waals surface area (Å²) in [7, 11) is 1.39. The number of halogens is 9. The van der Waals surface area contributed by atoms with Crippen molar-refractivity contribution in [3.63, 3.8) is 0 Å². The first-order chi connectivity index (χ1) is 19.6. The second-order valence-corrected chi connectivity index (χ2v) is 9.83. The van der Waals surface area contributed by atoms with Crippen LogP contribution < -0.4 is 4.90 Å². The minimum absolute atomic E-state index is 0.00744. The van der Waals surface area contributed by atoms with Crippen LogP contribution in [-0.2, 0) is 43.4 Å². The Morgan fingerprint density at radius 3 is 1.93 bits per heavy atom. The molecule has 0 aliphatic carbocycles. The van der Waals surface area contributed by atoms with E-state index in [1.807, 2.05) is 6.92 Å². The fourth-order valence-corrected chi connectivity index (χ4v) is 4.94. The third-order valence-corrected chi connectivity index (χ3v) is 6.87. The molecule has 1 saturated heterocycles. The van der Waals surface area contributed by atoms with Crippen molar-refractivity contribution >= 4 is 5.95 Å². The van der Waals surface area contributed by atoms with Crippen LogP contribution in [0.4, 0.5) is 45.5 Å². The zero-order valence-corrected chi connectivity index (χ0v) is 22.5. The number of benzene rings is 2. The standard InChI is InChI=1S/C26H27F9N6O/c1-3-22(40-6-8-42-9-7-40)21-5-4-18(24(27,28)29)12-17(21)15-41(23-36-38-39(2)37-23)14-16-10-19(25(30,31)32)13-20(11-16)26(33,34)35/h4-5,10-13,22H,3,6-9,14-15H2,1-2H3/t22-/m0/s1. The van der Waals surface area contributed by atoms with Gasteiger partial charge in [-0.15, -0.1) is 5.10 Å². The smallest absolute Gasteiger partial charge is 0.379 e. The molecule has 230 valence electrons. The Labute approximate surface area is 234 Å². The number of rotatable bonds is 8. The first-order valence-electron chi connectivity index (χ1n) is 12.9. The van der Waals surface area contributed by atoms with Crippen molar-refractivity contribution in [2.45, 2.75) is 51.0 Å². The highest BCUT2D eigenvalue weighted by Gasteiger charge is 2.37. The van der Waals surface area contributed by atoms with E-state index in [4.69, 9.17) is 4.74 Å². The predicted molar refractivity (Wildman–Crippen MR) is 132 cm³/mol. The van der Waals surface area contributed by atoms with Crippen LogP contribution >= 0.6 is 0 Å². The minimum Gasteiger partial charge on any atom is -0.379 e. The molecule has 42 heavy (non-hydrogen) atoms. The Balaban J connectivity index is 1.81. The van der Waals surface area contributed by atoms with Crippen LogP contribution in [0.25, 0.3) is 0 Å². The van der Waals surface area contributed by atoms with E-state index < -0.39 is 47.3 Å². The lowest BCUT2D eigenvalue weighted by Gasteiger charge is -2.36.